The van der Waals surface area contributed by atoms with Gasteiger partial charge in [0.05, 0.1) is 17.4 Å². The number of rotatable bonds is 5. The minimum atomic E-state index is 0.507. The molecule has 0 amide bonds. The predicted molar refractivity (Wildman–Crippen MR) is 82.6 cm³/mol. The third-order valence-corrected chi connectivity index (χ3v) is 3.56. The van der Waals surface area contributed by atoms with Crippen molar-refractivity contribution in [2.75, 3.05) is 19.3 Å². The molecular weight excluding hydrogens is 250 g/mol. The molecule has 2 aromatic heterocycles. The topological polar surface area (TPSA) is 68.8 Å². The maximum absolute atomic E-state index is 6.02. The molecule has 3 N–H and O–H groups in total. The number of imidazole rings is 1. The monoisotopic (exact) mass is 269 g/mol. The Kier molecular flexibility index (Phi) is 3.52. The number of aryl methyl sites for hydroxylation is 1. The summed E-state index contributed by atoms with van der Waals surface area (Å²) in [4.78, 5) is 8.85. The Morgan fingerprint density at radius 3 is 2.95 bits per heavy atom. The molecule has 20 heavy (non-hydrogen) atoms. The molecule has 0 saturated heterocycles. The summed E-state index contributed by atoms with van der Waals surface area (Å²) < 4.78 is 2.19. The van der Waals surface area contributed by atoms with Crippen molar-refractivity contribution in [2.24, 2.45) is 0 Å². The summed E-state index contributed by atoms with van der Waals surface area (Å²) in [6.07, 6.45) is 4.13. The molecule has 5 nitrogen and oxygen atoms in total. The van der Waals surface area contributed by atoms with Gasteiger partial charge in [0.25, 0.3) is 0 Å². The average molecular weight is 269 g/mol. The van der Waals surface area contributed by atoms with Crippen LogP contribution in [0, 0.1) is 0 Å². The number of nitrogens with zero attached hydrogens (tertiary/aromatic N) is 3. The molecule has 3 aromatic rings. The number of pyridine rings is 1. The van der Waals surface area contributed by atoms with Crippen molar-refractivity contribution in [1.29, 1.82) is 0 Å². The number of aromatic nitrogens is 3. The zero-order chi connectivity index (χ0) is 13.9. The van der Waals surface area contributed by atoms with E-state index in [1.54, 1.807) is 0 Å². The number of benzene rings is 1. The molecule has 3 rings (SSSR count). The molecule has 0 radical (unpaired) electrons. The predicted octanol–water partition coefficient (Wildman–Crippen LogP) is 2.17. The standard InChI is InChI=1S/C15H19N5/c1-17-8-4-5-9-20-10-18-13-14(20)11-6-2-3-7-12(11)19-15(13)16/h2-3,6-7,10,17H,4-5,8-9H2,1H3,(H2,16,19). The number of nitrogens with two attached hydrogens (primary N) is 1. The van der Waals surface area contributed by atoms with Crippen LogP contribution in [-0.4, -0.2) is 28.1 Å². The first-order chi connectivity index (χ1) is 9.81. The fraction of sp³-hybridized carbons (Fsp3) is 0.333. The second kappa shape index (κ2) is 5.46. The molecule has 0 fully saturated rings. The molecule has 0 aliphatic rings. The minimum absolute atomic E-state index is 0.507. The molecule has 0 spiro atoms. The second-order valence-corrected chi connectivity index (χ2v) is 4.96. The van der Waals surface area contributed by atoms with Crippen LogP contribution in [0.4, 0.5) is 5.82 Å². The summed E-state index contributed by atoms with van der Waals surface area (Å²) in [5.41, 5.74) is 8.84. The molecule has 0 unspecified atom stereocenters. The Bertz CT molecular complexity index is 732. The van der Waals surface area contributed by atoms with Crippen molar-refractivity contribution in [3.05, 3.63) is 30.6 Å². The van der Waals surface area contributed by atoms with E-state index in [-0.39, 0.29) is 0 Å². The summed E-state index contributed by atoms with van der Waals surface area (Å²) >= 11 is 0. The molecule has 0 atom stereocenters. The van der Waals surface area contributed by atoms with Crippen molar-refractivity contribution in [2.45, 2.75) is 19.4 Å². The first-order valence-corrected chi connectivity index (χ1v) is 6.95. The van der Waals surface area contributed by atoms with E-state index in [0.29, 0.717) is 5.82 Å². The Morgan fingerprint density at radius 2 is 2.10 bits per heavy atom. The molecule has 5 heteroatoms. The van der Waals surface area contributed by atoms with Gasteiger partial charge in [-0.15, -0.1) is 0 Å². The van der Waals surface area contributed by atoms with Crippen LogP contribution in [0.1, 0.15) is 12.8 Å². The highest BCUT2D eigenvalue weighted by atomic mass is 15.1. The second-order valence-electron chi connectivity index (χ2n) is 4.96. The summed E-state index contributed by atoms with van der Waals surface area (Å²) in [7, 11) is 1.98. The van der Waals surface area contributed by atoms with Crippen LogP contribution in [-0.2, 0) is 6.54 Å². The van der Waals surface area contributed by atoms with Crippen molar-refractivity contribution >= 4 is 27.8 Å². The van der Waals surface area contributed by atoms with E-state index in [4.69, 9.17) is 5.73 Å². The maximum Gasteiger partial charge on any atom is 0.152 e. The summed E-state index contributed by atoms with van der Waals surface area (Å²) in [6.45, 7) is 1.99. The highest BCUT2D eigenvalue weighted by Gasteiger charge is 2.11. The van der Waals surface area contributed by atoms with E-state index in [1.807, 2.05) is 31.6 Å². The van der Waals surface area contributed by atoms with E-state index >= 15 is 0 Å². The molecule has 0 bridgehead atoms. The zero-order valence-electron chi connectivity index (χ0n) is 11.6. The zero-order valence-corrected chi connectivity index (χ0v) is 11.6. The number of nitrogen functional groups attached to an aromatic ring is 1. The van der Waals surface area contributed by atoms with Gasteiger partial charge in [0, 0.05) is 11.9 Å². The van der Waals surface area contributed by atoms with Crippen LogP contribution in [0.5, 0.6) is 0 Å². The SMILES string of the molecule is CNCCCCn1cnc2c(N)nc3ccccc3c21. The van der Waals surface area contributed by atoms with Gasteiger partial charge in [0.15, 0.2) is 5.82 Å². The Balaban J connectivity index is 2.05. The number of nitrogens with one attached hydrogen (secondary N) is 1. The maximum atomic E-state index is 6.02. The quantitative estimate of drug-likeness (QED) is 0.696. The highest BCUT2D eigenvalue weighted by Crippen LogP contribution is 2.27. The van der Waals surface area contributed by atoms with E-state index in [9.17, 15) is 0 Å². The minimum Gasteiger partial charge on any atom is -0.382 e. The van der Waals surface area contributed by atoms with E-state index in [2.05, 4.69) is 25.9 Å². The van der Waals surface area contributed by atoms with Crippen LogP contribution in [0.2, 0.25) is 0 Å². The normalized spacial score (nSPS) is 11.4. The number of unbranched alkanes of at least 4 members (excludes halogenated alkanes) is 1. The number of hydrogen-bond acceptors (Lipinski definition) is 4. The molecule has 104 valence electrons. The van der Waals surface area contributed by atoms with Gasteiger partial charge in [0.1, 0.15) is 5.52 Å². The van der Waals surface area contributed by atoms with Crippen LogP contribution in [0.3, 0.4) is 0 Å². The van der Waals surface area contributed by atoms with Gasteiger partial charge in [-0.3, -0.25) is 0 Å². The first-order valence-electron chi connectivity index (χ1n) is 6.95. The third-order valence-electron chi connectivity index (χ3n) is 3.56. The summed E-state index contributed by atoms with van der Waals surface area (Å²) in [5, 5.41) is 4.28. The smallest absolute Gasteiger partial charge is 0.152 e. The fourth-order valence-electron chi connectivity index (χ4n) is 2.56. The Morgan fingerprint density at radius 1 is 1.25 bits per heavy atom. The van der Waals surface area contributed by atoms with Crippen molar-refractivity contribution < 1.29 is 0 Å². The molecule has 1 aromatic carbocycles. The van der Waals surface area contributed by atoms with E-state index in [1.165, 1.54) is 0 Å². The van der Waals surface area contributed by atoms with E-state index in [0.717, 1.165) is 47.9 Å². The van der Waals surface area contributed by atoms with Crippen molar-refractivity contribution in [3.8, 4) is 0 Å². The molecular formula is C15H19N5. The number of anilines is 1. The van der Waals surface area contributed by atoms with Gasteiger partial charge >= 0.3 is 0 Å². The highest BCUT2D eigenvalue weighted by molar-refractivity contribution is 6.06. The molecule has 0 aliphatic heterocycles. The summed E-state index contributed by atoms with van der Waals surface area (Å²) in [5.74, 6) is 0.507. The number of fused-ring (bicyclic) bond motifs is 3. The van der Waals surface area contributed by atoms with Crippen LogP contribution < -0.4 is 11.1 Å². The lowest BCUT2D eigenvalue weighted by molar-refractivity contribution is 0.600. The van der Waals surface area contributed by atoms with Gasteiger partial charge in [-0.05, 0) is 32.5 Å². The van der Waals surface area contributed by atoms with Gasteiger partial charge in [-0.25, -0.2) is 9.97 Å². The van der Waals surface area contributed by atoms with Gasteiger partial charge in [0.2, 0.25) is 0 Å². The van der Waals surface area contributed by atoms with Gasteiger partial charge in [-0.1, -0.05) is 18.2 Å². The molecule has 0 aliphatic carbocycles. The molecule has 2 heterocycles. The third kappa shape index (κ3) is 2.20. The average Bonchev–Trinajstić information content (AvgIpc) is 2.89. The Labute approximate surface area is 117 Å². The fourth-order valence-corrected chi connectivity index (χ4v) is 2.56. The van der Waals surface area contributed by atoms with Crippen LogP contribution in [0.15, 0.2) is 30.6 Å². The number of para-hydroxylation sites is 1. The summed E-state index contributed by atoms with van der Waals surface area (Å²) in [6, 6.07) is 8.07. The van der Waals surface area contributed by atoms with E-state index < -0.39 is 0 Å². The van der Waals surface area contributed by atoms with Crippen molar-refractivity contribution in [1.82, 2.24) is 19.9 Å². The van der Waals surface area contributed by atoms with Gasteiger partial charge in [-0.2, -0.15) is 0 Å². The van der Waals surface area contributed by atoms with Crippen molar-refractivity contribution in [3.63, 3.8) is 0 Å². The van der Waals surface area contributed by atoms with Crippen LogP contribution >= 0.6 is 0 Å². The van der Waals surface area contributed by atoms with Gasteiger partial charge < -0.3 is 15.6 Å². The Hall–Kier alpha value is -2.14. The lowest BCUT2D eigenvalue weighted by atomic mass is 10.2. The first kappa shape index (κ1) is 12.9. The lowest BCUT2D eigenvalue weighted by Gasteiger charge is -2.07. The number of hydrogen-bond donors (Lipinski definition) is 2. The largest absolute Gasteiger partial charge is 0.382 e. The lowest BCUT2D eigenvalue weighted by Crippen LogP contribution is -2.08. The molecule has 0 saturated carbocycles. The van der Waals surface area contributed by atoms with Crippen LogP contribution in [0.25, 0.3) is 21.9 Å².